The number of hydrogen-bond acceptors (Lipinski definition) is 2. The third-order valence-electron chi connectivity index (χ3n) is 4.36. The molecule has 1 aliphatic rings. The second-order valence-corrected chi connectivity index (χ2v) is 6.30. The van der Waals surface area contributed by atoms with E-state index >= 15 is 0 Å². The van der Waals surface area contributed by atoms with E-state index in [-0.39, 0.29) is 17.9 Å². The molecule has 5 nitrogen and oxygen atoms in total. The van der Waals surface area contributed by atoms with E-state index in [1.54, 1.807) is 0 Å². The minimum absolute atomic E-state index is 0.0333. The van der Waals surface area contributed by atoms with Gasteiger partial charge in [0.15, 0.2) is 0 Å². The first-order valence-corrected chi connectivity index (χ1v) is 8.39. The molecule has 0 saturated carbocycles. The van der Waals surface area contributed by atoms with Gasteiger partial charge >= 0.3 is 0 Å². The summed E-state index contributed by atoms with van der Waals surface area (Å²) in [6.45, 7) is 3.52. The summed E-state index contributed by atoms with van der Waals surface area (Å²) < 4.78 is 1.99. The topological polar surface area (TPSA) is 54.3 Å². The van der Waals surface area contributed by atoms with E-state index in [1.165, 1.54) is 6.92 Å². The number of amides is 2. The highest BCUT2D eigenvalue weighted by Gasteiger charge is 2.26. The van der Waals surface area contributed by atoms with Gasteiger partial charge in [-0.2, -0.15) is 0 Å². The molecule has 2 heterocycles. The fourth-order valence-corrected chi connectivity index (χ4v) is 3.26. The molecule has 0 aliphatic carbocycles. The normalized spacial score (nSPS) is 17.5. The summed E-state index contributed by atoms with van der Waals surface area (Å²) in [6, 6.07) is 13.9. The predicted octanol–water partition coefficient (Wildman–Crippen LogP) is 2.28. The predicted molar refractivity (Wildman–Crippen MR) is 92.7 cm³/mol. The van der Waals surface area contributed by atoms with Crippen LogP contribution in [-0.2, 0) is 11.3 Å². The smallest absolute Gasteiger partial charge is 0.270 e. The third kappa shape index (κ3) is 3.85. The Morgan fingerprint density at radius 1 is 1.17 bits per heavy atom. The average molecular weight is 325 g/mol. The van der Waals surface area contributed by atoms with E-state index in [2.05, 4.69) is 17.4 Å². The van der Waals surface area contributed by atoms with Crippen LogP contribution in [0.4, 0.5) is 0 Å². The maximum atomic E-state index is 12.9. The van der Waals surface area contributed by atoms with E-state index in [1.807, 2.05) is 46.0 Å². The monoisotopic (exact) mass is 325 g/mol. The van der Waals surface area contributed by atoms with Crippen molar-refractivity contribution < 1.29 is 9.59 Å². The number of nitrogens with zero attached hydrogens (tertiary/aromatic N) is 2. The highest BCUT2D eigenvalue weighted by atomic mass is 16.2. The van der Waals surface area contributed by atoms with E-state index in [4.69, 9.17) is 0 Å². The molecule has 3 rings (SSSR count). The van der Waals surface area contributed by atoms with Gasteiger partial charge in [-0.1, -0.05) is 30.3 Å². The number of aromatic nitrogens is 1. The first-order valence-electron chi connectivity index (χ1n) is 8.39. The second kappa shape index (κ2) is 7.34. The van der Waals surface area contributed by atoms with E-state index in [9.17, 15) is 9.59 Å². The first kappa shape index (κ1) is 16.3. The molecule has 1 aromatic carbocycles. The van der Waals surface area contributed by atoms with Crippen LogP contribution in [0.5, 0.6) is 0 Å². The molecular formula is C19H23N3O2. The summed E-state index contributed by atoms with van der Waals surface area (Å²) in [4.78, 5) is 26.0. The van der Waals surface area contributed by atoms with Gasteiger partial charge in [-0.25, -0.2) is 0 Å². The Balaban J connectivity index is 1.71. The van der Waals surface area contributed by atoms with Gasteiger partial charge in [0.05, 0.1) is 0 Å². The van der Waals surface area contributed by atoms with Crippen molar-refractivity contribution in [1.29, 1.82) is 0 Å². The molecule has 5 heteroatoms. The summed E-state index contributed by atoms with van der Waals surface area (Å²) in [7, 11) is 0. The molecular weight excluding hydrogens is 302 g/mol. The largest absolute Gasteiger partial charge is 0.352 e. The highest BCUT2D eigenvalue weighted by Crippen LogP contribution is 2.16. The van der Waals surface area contributed by atoms with Crippen molar-refractivity contribution >= 4 is 11.8 Å². The zero-order chi connectivity index (χ0) is 16.9. The van der Waals surface area contributed by atoms with Gasteiger partial charge in [-0.15, -0.1) is 0 Å². The van der Waals surface area contributed by atoms with Crippen LogP contribution in [0.25, 0.3) is 0 Å². The van der Waals surface area contributed by atoms with Crippen LogP contribution in [0.1, 0.15) is 35.8 Å². The number of nitrogens with one attached hydrogen (secondary N) is 1. The zero-order valence-electron chi connectivity index (χ0n) is 13.9. The Hall–Kier alpha value is -2.56. The number of carbonyl (C=O) groups is 2. The molecule has 2 amide bonds. The fraction of sp³-hybridized carbons (Fsp3) is 0.368. The van der Waals surface area contributed by atoms with Crippen molar-refractivity contribution in [3.8, 4) is 0 Å². The van der Waals surface area contributed by atoms with E-state index in [0.29, 0.717) is 18.8 Å². The molecule has 0 spiro atoms. The average Bonchev–Trinajstić information content (AvgIpc) is 3.03. The molecule has 2 aromatic rings. The maximum Gasteiger partial charge on any atom is 0.270 e. The molecule has 1 saturated heterocycles. The van der Waals surface area contributed by atoms with Crippen molar-refractivity contribution in [2.75, 3.05) is 13.1 Å². The number of benzene rings is 1. The molecule has 0 bridgehead atoms. The van der Waals surface area contributed by atoms with Gasteiger partial charge < -0.3 is 14.8 Å². The van der Waals surface area contributed by atoms with Gasteiger partial charge in [0, 0.05) is 38.8 Å². The number of carbonyl (C=O) groups excluding carboxylic acids is 2. The Kier molecular flexibility index (Phi) is 4.99. The molecule has 24 heavy (non-hydrogen) atoms. The van der Waals surface area contributed by atoms with Gasteiger partial charge in [0.1, 0.15) is 5.69 Å². The summed E-state index contributed by atoms with van der Waals surface area (Å²) in [5.74, 6) is -0.00673. The lowest BCUT2D eigenvalue weighted by Crippen LogP contribution is -2.49. The number of likely N-dealkylation sites (tertiary alicyclic amines) is 1. The van der Waals surface area contributed by atoms with Crippen LogP contribution >= 0.6 is 0 Å². The van der Waals surface area contributed by atoms with Crippen molar-refractivity contribution in [2.45, 2.75) is 32.4 Å². The van der Waals surface area contributed by atoms with Crippen LogP contribution in [0.2, 0.25) is 0 Å². The minimum atomic E-state index is -0.0400. The van der Waals surface area contributed by atoms with Gasteiger partial charge in [-0.3, -0.25) is 9.59 Å². The quantitative estimate of drug-likeness (QED) is 0.937. The van der Waals surface area contributed by atoms with Crippen LogP contribution in [-0.4, -0.2) is 40.4 Å². The molecule has 126 valence electrons. The van der Waals surface area contributed by atoms with E-state index < -0.39 is 0 Å². The molecule has 1 aliphatic heterocycles. The lowest BCUT2D eigenvalue weighted by molar-refractivity contribution is -0.120. The van der Waals surface area contributed by atoms with Crippen molar-refractivity contribution in [2.24, 2.45) is 0 Å². The Morgan fingerprint density at radius 3 is 2.71 bits per heavy atom. The first-order chi connectivity index (χ1) is 11.6. The summed E-state index contributed by atoms with van der Waals surface area (Å²) in [5, 5.41) is 2.93. The van der Waals surface area contributed by atoms with Crippen LogP contribution in [0.3, 0.4) is 0 Å². The van der Waals surface area contributed by atoms with Gasteiger partial charge in [0.2, 0.25) is 5.91 Å². The number of rotatable bonds is 4. The number of piperidine rings is 1. The highest BCUT2D eigenvalue weighted by molar-refractivity contribution is 5.93. The summed E-state index contributed by atoms with van der Waals surface area (Å²) in [5.41, 5.74) is 1.86. The minimum Gasteiger partial charge on any atom is -0.352 e. The zero-order valence-corrected chi connectivity index (χ0v) is 13.9. The van der Waals surface area contributed by atoms with Gasteiger partial charge in [0.25, 0.3) is 5.91 Å². The number of hydrogen-bond donors (Lipinski definition) is 1. The van der Waals surface area contributed by atoms with Crippen molar-refractivity contribution in [3.63, 3.8) is 0 Å². The maximum absolute atomic E-state index is 12.9. The molecule has 1 atom stereocenters. The van der Waals surface area contributed by atoms with Crippen molar-refractivity contribution in [1.82, 2.24) is 14.8 Å². The molecule has 1 aromatic heterocycles. The Bertz CT molecular complexity index is 708. The lowest BCUT2D eigenvalue weighted by atomic mass is 10.1. The van der Waals surface area contributed by atoms with Crippen LogP contribution in [0, 0.1) is 0 Å². The summed E-state index contributed by atoms with van der Waals surface area (Å²) >= 11 is 0. The van der Waals surface area contributed by atoms with E-state index in [0.717, 1.165) is 24.9 Å². The van der Waals surface area contributed by atoms with Crippen LogP contribution < -0.4 is 5.32 Å². The lowest BCUT2D eigenvalue weighted by Gasteiger charge is -2.33. The molecule has 1 fully saturated rings. The van der Waals surface area contributed by atoms with Crippen LogP contribution in [0.15, 0.2) is 48.7 Å². The second-order valence-electron chi connectivity index (χ2n) is 6.30. The molecule has 1 N–H and O–H groups in total. The fourth-order valence-electron chi connectivity index (χ4n) is 3.26. The summed E-state index contributed by atoms with van der Waals surface area (Å²) in [6.07, 6.45) is 3.78. The molecule has 0 radical (unpaired) electrons. The van der Waals surface area contributed by atoms with Gasteiger partial charge in [-0.05, 0) is 30.5 Å². The standard InChI is InChI=1S/C19H23N3O2/c1-15(23)20-17-9-5-12-22(14-17)19(24)18-10-6-11-21(18)13-16-7-3-2-4-8-16/h2-4,6-8,10-11,17H,5,9,12-14H2,1H3,(H,20,23)/t17-/m1/s1. The SMILES string of the molecule is CC(=O)N[C@@H]1CCCN(C(=O)c2cccn2Cc2ccccc2)C1. The van der Waals surface area contributed by atoms with Crippen molar-refractivity contribution in [3.05, 3.63) is 59.9 Å². The molecule has 0 unspecified atom stereocenters. The Labute approximate surface area is 142 Å². The Morgan fingerprint density at radius 2 is 1.96 bits per heavy atom. The third-order valence-corrected chi connectivity index (χ3v) is 4.36.